The molecule has 0 heterocycles. The van der Waals surface area contributed by atoms with Crippen molar-refractivity contribution in [2.75, 3.05) is 20.6 Å². The smallest absolute Gasteiger partial charge is 0.124 e. The summed E-state index contributed by atoms with van der Waals surface area (Å²) in [6.45, 7) is 3.54. The molecule has 0 saturated carbocycles. The molecule has 0 bridgehead atoms. The van der Waals surface area contributed by atoms with E-state index >= 15 is 0 Å². The number of hydrogen-bond donors (Lipinski definition) is 3. The average molecular weight is 309 g/mol. The van der Waals surface area contributed by atoms with Gasteiger partial charge in [0.05, 0.1) is 32.6 Å². The van der Waals surface area contributed by atoms with E-state index < -0.39 is 24.1 Å². The molecule has 2 unspecified atom stereocenters. The second kappa shape index (κ2) is 12.8. The van der Waals surface area contributed by atoms with Crippen LogP contribution >= 0.6 is 0 Å². The van der Waals surface area contributed by atoms with Crippen molar-refractivity contribution in [2.24, 2.45) is 0 Å². The molecular weight excluding hydrogens is 289 g/mol. The largest absolute Gasteiger partial charge is 0.547 e. The minimum Gasteiger partial charge on any atom is -0.547 e. The fourth-order valence-corrected chi connectivity index (χ4v) is 0.788. The van der Waals surface area contributed by atoms with Gasteiger partial charge in [0, 0.05) is 16.5 Å². The molecule has 0 spiro atoms. The first-order valence-corrected chi connectivity index (χ1v) is 5.30. The van der Waals surface area contributed by atoms with E-state index in [0.717, 1.165) is 0 Å². The molecule has 3 N–H and O–H groups in total. The zero-order valence-corrected chi connectivity index (χ0v) is 11.6. The van der Waals surface area contributed by atoms with Gasteiger partial charge < -0.3 is 34.9 Å². The number of aliphatic hydroxyl groups is 2. The SMILES string of the molecule is CCCC[NH+](C)C.O=C([O-])C(O)C(O)C(=O)[O-].[Ni]. The first-order valence-electron chi connectivity index (χ1n) is 5.30. The maximum absolute atomic E-state index is 9.63. The summed E-state index contributed by atoms with van der Waals surface area (Å²) in [5, 5.41) is 35.7. The number of carboxylic acids is 2. The number of nitrogens with one attached hydrogen (secondary N) is 1. The zero-order chi connectivity index (χ0) is 14.0. The Balaban J connectivity index is -0.000000251. The van der Waals surface area contributed by atoms with Crippen molar-refractivity contribution in [1.29, 1.82) is 0 Å². The molecule has 0 fully saturated rings. The van der Waals surface area contributed by atoms with E-state index in [1.54, 1.807) is 4.90 Å². The number of carboxylic acid groups (broad SMARTS) is 2. The monoisotopic (exact) mass is 308 g/mol. The summed E-state index contributed by atoms with van der Waals surface area (Å²) in [5.74, 6) is -4.12. The second-order valence-corrected chi connectivity index (χ2v) is 3.84. The Labute approximate surface area is 116 Å². The van der Waals surface area contributed by atoms with Gasteiger partial charge in [-0.3, -0.25) is 0 Å². The van der Waals surface area contributed by atoms with Crippen LogP contribution in [0.15, 0.2) is 0 Å². The van der Waals surface area contributed by atoms with Gasteiger partial charge in [0.1, 0.15) is 12.2 Å². The van der Waals surface area contributed by atoms with Gasteiger partial charge >= 0.3 is 0 Å². The predicted molar refractivity (Wildman–Crippen MR) is 54.6 cm³/mol. The Morgan fingerprint density at radius 2 is 1.44 bits per heavy atom. The molecule has 18 heavy (non-hydrogen) atoms. The fraction of sp³-hybridized carbons (Fsp3) is 0.800. The molecule has 0 radical (unpaired) electrons. The Bertz CT molecular complexity index is 218. The molecule has 112 valence electrons. The van der Waals surface area contributed by atoms with Crippen molar-refractivity contribution >= 4 is 11.9 Å². The van der Waals surface area contributed by atoms with Crippen LogP contribution in [-0.4, -0.2) is 55.0 Å². The first-order chi connectivity index (χ1) is 7.73. The van der Waals surface area contributed by atoms with Gasteiger partial charge in [-0.15, -0.1) is 0 Å². The van der Waals surface area contributed by atoms with Gasteiger partial charge in [0.25, 0.3) is 0 Å². The molecule has 0 amide bonds. The quantitative estimate of drug-likeness (QED) is 0.423. The van der Waals surface area contributed by atoms with Crippen molar-refractivity contribution in [1.82, 2.24) is 0 Å². The van der Waals surface area contributed by atoms with Crippen LogP contribution in [0.2, 0.25) is 0 Å². The third-order valence-corrected chi connectivity index (χ3v) is 1.81. The summed E-state index contributed by atoms with van der Waals surface area (Å²) >= 11 is 0. The zero-order valence-electron chi connectivity index (χ0n) is 10.6. The third kappa shape index (κ3) is 13.4. The molecule has 0 aliphatic heterocycles. The van der Waals surface area contributed by atoms with Crippen molar-refractivity contribution in [3.63, 3.8) is 0 Å². The van der Waals surface area contributed by atoms with Gasteiger partial charge in [-0.2, -0.15) is 0 Å². The second-order valence-electron chi connectivity index (χ2n) is 3.84. The van der Waals surface area contributed by atoms with Crippen LogP contribution in [0.4, 0.5) is 0 Å². The van der Waals surface area contributed by atoms with Gasteiger partial charge in [-0.05, 0) is 6.42 Å². The Hall–Kier alpha value is -0.686. The van der Waals surface area contributed by atoms with Gasteiger partial charge in [-0.1, -0.05) is 13.3 Å². The Morgan fingerprint density at radius 3 is 1.56 bits per heavy atom. The minimum absolute atomic E-state index is 0. The first kappa shape index (κ1) is 22.5. The maximum atomic E-state index is 9.63. The van der Waals surface area contributed by atoms with E-state index in [0.29, 0.717) is 0 Å². The van der Waals surface area contributed by atoms with E-state index in [2.05, 4.69) is 21.0 Å². The van der Waals surface area contributed by atoms with Gasteiger partial charge in [-0.25, -0.2) is 0 Å². The van der Waals surface area contributed by atoms with E-state index in [4.69, 9.17) is 10.2 Å². The van der Waals surface area contributed by atoms with E-state index in [-0.39, 0.29) is 16.5 Å². The van der Waals surface area contributed by atoms with Gasteiger partial charge in [0.2, 0.25) is 0 Å². The molecule has 0 aromatic rings. The van der Waals surface area contributed by atoms with Crippen LogP contribution < -0.4 is 15.1 Å². The number of quaternary nitrogens is 1. The normalized spacial score (nSPS) is 12.8. The number of carbonyl (C=O) groups excluding carboxylic acids is 2. The van der Waals surface area contributed by atoms with Crippen molar-refractivity contribution in [3.8, 4) is 0 Å². The summed E-state index contributed by atoms with van der Waals surface area (Å²) in [4.78, 5) is 20.8. The number of aliphatic hydroxyl groups excluding tert-OH is 2. The predicted octanol–water partition coefficient (Wildman–Crippen LogP) is -4.86. The molecule has 0 aliphatic rings. The molecule has 0 aromatic heterocycles. The van der Waals surface area contributed by atoms with E-state index in [1.807, 2.05) is 0 Å². The summed E-state index contributed by atoms with van der Waals surface area (Å²) < 4.78 is 0. The van der Waals surface area contributed by atoms with E-state index in [9.17, 15) is 19.8 Å². The minimum atomic E-state index is -2.44. The van der Waals surface area contributed by atoms with Crippen molar-refractivity contribution < 1.29 is 51.4 Å². The summed E-state index contributed by atoms with van der Waals surface area (Å²) in [7, 11) is 4.38. The van der Waals surface area contributed by atoms with Crippen LogP contribution in [0, 0.1) is 0 Å². The average Bonchev–Trinajstić information content (AvgIpc) is 2.24. The molecule has 0 aliphatic carbocycles. The molecule has 8 heteroatoms. The molecular formula is C10H20NNiO6-. The Morgan fingerprint density at radius 1 is 1.11 bits per heavy atom. The third-order valence-electron chi connectivity index (χ3n) is 1.81. The number of unbranched alkanes of at least 4 members (excludes halogenated alkanes) is 1. The standard InChI is InChI=1S/C6H15N.C4H6O6.Ni/c1-4-5-6-7(2)3;5-1(3(7)8)2(6)4(9)10;/h4-6H2,1-3H3;1-2,5-6H,(H,7,8)(H,9,10);/p-1. The van der Waals surface area contributed by atoms with Crippen molar-refractivity contribution in [2.45, 2.75) is 32.0 Å². The fourth-order valence-electron chi connectivity index (χ4n) is 0.788. The van der Waals surface area contributed by atoms with Crippen LogP contribution in [0.5, 0.6) is 0 Å². The summed E-state index contributed by atoms with van der Waals surface area (Å²) in [6.07, 6.45) is -2.19. The summed E-state index contributed by atoms with van der Waals surface area (Å²) in [5.41, 5.74) is 0. The molecule has 0 saturated heterocycles. The van der Waals surface area contributed by atoms with Crippen molar-refractivity contribution in [3.05, 3.63) is 0 Å². The topological polar surface area (TPSA) is 125 Å². The number of hydrogen-bond acceptors (Lipinski definition) is 6. The van der Waals surface area contributed by atoms with E-state index in [1.165, 1.54) is 19.4 Å². The van der Waals surface area contributed by atoms with Crippen LogP contribution in [0.25, 0.3) is 0 Å². The number of aliphatic carboxylic acids is 2. The molecule has 0 aromatic carbocycles. The Kier molecular flexibility index (Phi) is 15.9. The van der Waals surface area contributed by atoms with Gasteiger partial charge in [0.15, 0.2) is 0 Å². The number of rotatable bonds is 6. The molecule has 0 rings (SSSR count). The van der Waals surface area contributed by atoms with Crippen LogP contribution in [0.3, 0.4) is 0 Å². The molecule has 2 atom stereocenters. The van der Waals surface area contributed by atoms with Crippen LogP contribution in [0.1, 0.15) is 19.8 Å². The summed E-state index contributed by atoms with van der Waals surface area (Å²) in [6, 6.07) is 0. The molecule has 7 nitrogen and oxygen atoms in total. The number of carbonyl (C=O) groups is 2. The van der Waals surface area contributed by atoms with Crippen LogP contribution in [-0.2, 0) is 26.1 Å². The maximum Gasteiger partial charge on any atom is 0.124 e.